The van der Waals surface area contributed by atoms with Crippen LogP contribution in [0.3, 0.4) is 0 Å². The molecule has 0 saturated carbocycles. The number of halogens is 2. The molecule has 0 spiro atoms. The fourth-order valence-corrected chi connectivity index (χ4v) is 2.13. The minimum absolute atomic E-state index is 0.0370. The van der Waals surface area contributed by atoms with Crippen molar-refractivity contribution in [2.75, 3.05) is 0 Å². The van der Waals surface area contributed by atoms with Crippen LogP contribution >= 0.6 is 23.2 Å². The fourth-order valence-electron chi connectivity index (χ4n) is 1.80. The second-order valence-corrected chi connectivity index (χ2v) is 4.96. The molecule has 0 aliphatic heterocycles. The summed E-state index contributed by atoms with van der Waals surface area (Å²) in [6.45, 7) is 0. The number of pyridine rings is 1. The van der Waals surface area contributed by atoms with E-state index >= 15 is 0 Å². The molecule has 2 nitrogen and oxygen atoms in total. The molecule has 0 radical (unpaired) electrons. The van der Waals surface area contributed by atoms with Crippen LogP contribution in [0.25, 0.3) is 10.9 Å². The van der Waals surface area contributed by atoms with Crippen molar-refractivity contribution in [3.8, 4) is 0 Å². The summed E-state index contributed by atoms with van der Waals surface area (Å²) in [5.41, 5.74) is 1.53. The Labute approximate surface area is 103 Å². The molecule has 4 heteroatoms. The van der Waals surface area contributed by atoms with Crippen LogP contribution in [-0.2, 0) is 13.5 Å². The van der Waals surface area contributed by atoms with Crippen LogP contribution < -0.4 is 5.56 Å². The predicted molar refractivity (Wildman–Crippen MR) is 68.4 cm³/mol. The normalized spacial score (nSPS) is 11.2. The predicted octanol–water partition coefficient (Wildman–Crippen LogP) is 2.88. The number of nitrogens with zero attached hydrogens (tertiary/aromatic N) is 1. The molecular weight excluding hydrogens is 245 g/mol. The SMILES string of the molecule is Cn1c(=O)c(CC(Cl)Cl)cc2ccccc21. The van der Waals surface area contributed by atoms with Gasteiger partial charge in [-0.25, -0.2) is 0 Å². The van der Waals surface area contributed by atoms with E-state index in [-0.39, 0.29) is 5.56 Å². The quantitative estimate of drug-likeness (QED) is 0.757. The maximum absolute atomic E-state index is 12.0. The summed E-state index contributed by atoms with van der Waals surface area (Å²) in [5, 5.41) is 1.02. The highest BCUT2D eigenvalue weighted by molar-refractivity contribution is 6.44. The molecule has 0 fully saturated rings. The number of hydrogen-bond acceptors (Lipinski definition) is 1. The standard InChI is InChI=1S/C12H11Cl2NO/c1-15-10-5-3-2-4-8(10)6-9(12(15)16)7-11(13)14/h2-6,11H,7H2,1H3. The van der Waals surface area contributed by atoms with Gasteiger partial charge in [-0.3, -0.25) is 4.79 Å². The number of aryl methyl sites for hydroxylation is 1. The summed E-state index contributed by atoms with van der Waals surface area (Å²) in [4.78, 5) is 11.4. The van der Waals surface area contributed by atoms with Gasteiger partial charge in [-0.1, -0.05) is 18.2 Å². The highest BCUT2D eigenvalue weighted by atomic mass is 35.5. The van der Waals surface area contributed by atoms with Gasteiger partial charge in [0.25, 0.3) is 5.56 Å². The van der Waals surface area contributed by atoms with Crippen molar-refractivity contribution < 1.29 is 0 Å². The molecule has 0 saturated heterocycles. The van der Waals surface area contributed by atoms with Gasteiger partial charge in [0.2, 0.25) is 0 Å². The first-order valence-corrected chi connectivity index (χ1v) is 5.82. The fraction of sp³-hybridized carbons (Fsp3) is 0.250. The highest BCUT2D eigenvalue weighted by Crippen LogP contribution is 2.15. The van der Waals surface area contributed by atoms with Crippen molar-refractivity contribution in [1.29, 1.82) is 0 Å². The van der Waals surface area contributed by atoms with E-state index in [1.807, 2.05) is 30.3 Å². The number of para-hydroxylation sites is 1. The van der Waals surface area contributed by atoms with Gasteiger partial charge in [0.15, 0.2) is 0 Å². The van der Waals surface area contributed by atoms with Gasteiger partial charge >= 0.3 is 0 Å². The summed E-state index contributed by atoms with van der Waals surface area (Å²) in [7, 11) is 1.76. The molecule has 0 amide bonds. The number of hydrogen-bond donors (Lipinski definition) is 0. The van der Waals surface area contributed by atoms with Crippen molar-refractivity contribution in [3.63, 3.8) is 0 Å². The number of aromatic nitrogens is 1. The Morgan fingerprint density at radius 3 is 2.69 bits per heavy atom. The minimum atomic E-state index is -0.547. The van der Waals surface area contributed by atoms with E-state index in [9.17, 15) is 4.79 Å². The maximum atomic E-state index is 12.0. The van der Waals surface area contributed by atoms with E-state index in [1.54, 1.807) is 11.6 Å². The molecule has 0 aliphatic rings. The number of benzene rings is 1. The lowest BCUT2D eigenvalue weighted by molar-refractivity contribution is 0.872. The Balaban J connectivity index is 2.69. The molecule has 0 unspecified atom stereocenters. The molecule has 0 bridgehead atoms. The van der Waals surface area contributed by atoms with Crippen molar-refractivity contribution in [1.82, 2.24) is 4.57 Å². The summed E-state index contributed by atoms with van der Waals surface area (Å²) >= 11 is 11.4. The van der Waals surface area contributed by atoms with E-state index in [0.29, 0.717) is 12.0 Å². The first-order valence-electron chi connectivity index (χ1n) is 4.95. The first kappa shape index (κ1) is 11.5. The third-order valence-corrected chi connectivity index (χ3v) is 2.89. The molecule has 0 atom stereocenters. The lowest BCUT2D eigenvalue weighted by Crippen LogP contribution is -2.22. The molecule has 1 aromatic carbocycles. The van der Waals surface area contributed by atoms with Crippen molar-refractivity contribution >= 4 is 34.1 Å². The van der Waals surface area contributed by atoms with E-state index < -0.39 is 4.84 Å². The van der Waals surface area contributed by atoms with Gasteiger partial charge in [0, 0.05) is 19.0 Å². The zero-order chi connectivity index (χ0) is 11.7. The zero-order valence-corrected chi connectivity index (χ0v) is 10.3. The second kappa shape index (κ2) is 4.48. The zero-order valence-electron chi connectivity index (χ0n) is 8.78. The lowest BCUT2D eigenvalue weighted by Gasteiger charge is -2.08. The smallest absolute Gasteiger partial charge is 0.254 e. The molecule has 1 aromatic heterocycles. The lowest BCUT2D eigenvalue weighted by atomic mass is 10.1. The minimum Gasteiger partial charge on any atom is -0.311 e. The molecule has 0 N–H and O–H groups in total. The maximum Gasteiger partial charge on any atom is 0.254 e. The monoisotopic (exact) mass is 255 g/mol. The van der Waals surface area contributed by atoms with Crippen LogP contribution in [0.2, 0.25) is 0 Å². The summed E-state index contributed by atoms with van der Waals surface area (Å²) < 4.78 is 1.63. The molecule has 2 rings (SSSR count). The number of rotatable bonds is 2. The first-order chi connectivity index (χ1) is 7.59. The Bertz CT molecular complexity index is 575. The van der Waals surface area contributed by atoms with Crippen LogP contribution in [0.1, 0.15) is 5.56 Å². The average Bonchev–Trinajstić information content (AvgIpc) is 2.25. The Kier molecular flexibility index (Phi) is 3.22. The molecule has 1 heterocycles. The van der Waals surface area contributed by atoms with E-state index in [1.165, 1.54) is 0 Å². The Morgan fingerprint density at radius 2 is 2.00 bits per heavy atom. The van der Waals surface area contributed by atoms with Crippen LogP contribution in [-0.4, -0.2) is 9.40 Å². The number of alkyl halides is 2. The van der Waals surface area contributed by atoms with Crippen molar-refractivity contribution in [3.05, 3.63) is 46.2 Å². The highest BCUT2D eigenvalue weighted by Gasteiger charge is 2.09. The van der Waals surface area contributed by atoms with Crippen LogP contribution in [0.15, 0.2) is 35.1 Å². The summed E-state index contributed by atoms with van der Waals surface area (Å²) in [6.07, 6.45) is 0.376. The van der Waals surface area contributed by atoms with E-state index in [4.69, 9.17) is 23.2 Å². The molecular formula is C12H11Cl2NO. The van der Waals surface area contributed by atoms with Crippen LogP contribution in [0, 0.1) is 0 Å². The Morgan fingerprint density at radius 1 is 1.31 bits per heavy atom. The summed E-state index contributed by atoms with van der Waals surface area (Å²) in [5.74, 6) is 0. The topological polar surface area (TPSA) is 22.0 Å². The summed E-state index contributed by atoms with van der Waals surface area (Å²) in [6, 6.07) is 9.59. The van der Waals surface area contributed by atoms with Crippen molar-refractivity contribution in [2.24, 2.45) is 7.05 Å². The molecule has 16 heavy (non-hydrogen) atoms. The van der Waals surface area contributed by atoms with Gasteiger partial charge in [0.1, 0.15) is 4.84 Å². The van der Waals surface area contributed by atoms with Crippen LogP contribution in [0.5, 0.6) is 0 Å². The van der Waals surface area contributed by atoms with Crippen LogP contribution in [0.4, 0.5) is 0 Å². The second-order valence-electron chi connectivity index (χ2n) is 3.69. The third-order valence-electron chi connectivity index (χ3n) is 2.58. The molecule has 2 aromatic rings. The van der Waals surface area contributed by atoms with Gasteiger partial charge in [-0.15, -0.1) is 23.2 Å². The molecule has 0 aliphatic carbocycles. The van der Waals surface area contributed by atoms with E-state index in [0.717, 1.165) is 10.9 Å². The van der Waals surface area contributed by atoms with Gasteiger partial charge in [-0.05, 0) is 17.5 Å². The van der Waals surface area contributed by atoms with Gasteiger partial charge < -0.3 is 4.57 Å². The van der Waals surface area contributed by atoms with Gasteiger partial charge in [0.05, 0.1) is 5.52 Å². The largest absolute Gasteiger partial charge is 0.311 e. The average molecular weight is 256 g/mol. The number of fused-ring (bicyclic) bond motifs is 1. The Hall–Kier alpha value is -0.990. The molecule has 84 valence electrons. The van der Waals surface area contributed by atoms with Gasteiger partial charge in [-0.2, -0.15) is 0 Å². The van der Waals surface area contributed by atoms with E-state index in [2.05, 4.69) is 0 Å². The van der Waals surface area contributed by atoms with Crippen molar-refractivity contribution in [2.45, 2.75) is 11.3 Å². The third kappa shape index (κ3) is 2.08.